The van der Waals surface area contributed by atoms with Gasteiger partial charge in [-0.25, -0.2) is 9.50 Å². The van der Waals surface area contributed by atoms with Crippen molar-refractivity contribution in [1.82, 2.24) is 19.9 Å². The second kappa shape index (κ2) is 5.21. The predicted octanol–water partition coefficient (Wildman–Crippen LogP) is 3.21. The van der Waals surface area contributed by atoms with Crippen molar-refractivity contribution in [3.8, 4) is 0 Å². The fraction of sp³-hybridized carbons (Fsp3) is 0.333. The molecule has 1 N–H and O–H groups in total. The first-order valence-corrected chi connectivity index (χ1v) is 7.87. The van der Waals surface area contributed by atoms with Crippen LogP contribution in [0.1, 0.15) is 36.1 Å². The third-order valence-electron chi connectivity index (χ3n) is 4.80. The summed E-state index contributed by atoms with van der Waals surface area (Å²) in [4.78, 5) is 4.25. The van der Waals surface area contributed by atoms with E-state index >= 15 is 0 Å². The van der Waals surface area contributed by atoms with Crippen LogP contribution in [0.15, 0.2) is 48.8 Å². The molecule has 4 rings (SSSR count). The molecule has 1 fully saturated rings. The average Bonchev–Trinajstić information content (AvgIpc) is 2.97. The van der Waals surface area contributed by atoms with Crippen LogP contribution in [0.3, 0.4) is 0 Å². The quantitative estimate of drug-likeness (QED) is 0.803. The van der Waals surface area contributed by atoms with Crippen molar-refractivity contribution < 1.29 is 0 Å². The summed E-state index contributed by atoms with van der Waals surface area (Å²) in [5.41, 5.74) is 4.88. The molecular weight excluding hydrogens is 272 g/mol. The largest absolute Gasteiger partial charge is 0.302 e. The molecule has 0 bridgehead atoms. The first-order chi connectivity index (χ1) is 10.8. The lowest BCUT2D eigenvalue weighted by Crippen LogP contribution is -2.47. The first kappa shape index (κ1) is 13.5. The molecule has 1 aliphatic carbocycles. The van der Waals surface area contributed by atoms with Gasteiger partial charge in [0.05, 0.1) is 5.69 Å². The maximum atomic E-state index is 4.31. The van der Waals surface area contributed by atoms with E-state index in [0.29, 0.717) is 0 Å². The van der Waals surface area contributed by atoms with Crippen LogP contribution >= 0.6 is 0 Å². The molecule has 4 heteroatoms. The lowest BCUT2D eigenvalue weighted by atomic mass is 9.71. The van der Waals surface area contributed by atoms with Gasteiger partial charge in [-0.3, -0.25) is 0 Å². The lowest BCUT2D eigenvalue weighted by Gasteiger charge is -2.43. The Kier molecular flexibility index (Phi) is 3.19. The Bertz CT molecular complexity index is 784. The molecular formula is C18H20N4. The van der Waals surface area contributed by atoms with Crippen molar-refractivity contribution in [1.29, 1.82) is 0 Å². The van der Waals surface area contributed by atoms with Crippen LogP contribution in [0, 0.1) is 6.92 Å². The molecule has 2 aromatic heterocycles. The highest BCUT2D eigenvalue weighted by Crippen LogP contribution is 2.41. The average molecular weight is 292 g/mol. The van der Waals surface area contributed by atoms with E-state index in [2.05, 4.69) is 52.7 Å². The molecule has 0 spiro atoms. The highest BCUT2D eigenvalue weighted by molar-refractivity contribution is 5.37. The van der Waals surface area contributed by atoms with Gasteiger partial charge in [0.15, 0.2) is 5.65 Å². The van der Waals surface area contributed by atoms with Gasteiger partial charge in [0.2, 0.25) is 0 Å². The Morgan fingerprint density at radius 3 is 2.68 bits per heavy atom. The molecule has 22 heavy (non-hydrogen) atoms. The zero-order chi connectivity index (χ0) is 15.0. The van der Waals surface area contributed by atoms with Crippen LogP contribution < -0.4 is 5.32 Å². The van der Waals surface area contributed by atoms with Crippen molar-refractivity contribution in [2.75, 3.05) is 0 Å². The van der Waals surface area contributed by atoms with Gasteiger partial charge in [-0.05, 0) is 43.9 Å². The van der Waals surface area contributed by atoms with Gasteiger partial charge in [-0.2, -0.15) is 5.10 Å². The van der Waals surface area contributed by atoms with E-state index in [1.54, 1.807) is 6.33 Å². The van der Waals surface area contributed by atoms with Gasteiger partial charge in [0.25, 0.3) is 0 Å². The van der Waals surface area contributed by atoms with Crippen molar-refractivity contribution in [2.45, 2.75) is 38.3 Å². The molecule has 1 saturated carbocycles. The number of fused-ring (bicyclic) bond motifs is 1. The molecule has 4 nitrogen and oxygen atoms in total. The minimum absolute atomic E-state index is 0.121. The number of aromatic nitrogens is 3. The summed E-state index contributed by atoms with van der Waals surface area (Å²) in [5, 5.41) is 8.09. The monoisotopic (exact) mass is 292 g/mol. The molecule has 112 valence electrons. The molecule has 3 aromatic rings. The molecule has 0 aliphatic heterocycles. The van der Waals surface area contributed by atoms with Crippen LogP contribution in [0.25, 0.3) is 5.65 Å². The maximum absolute atomic E-state index is 4.31. The number of rotatable bonds is 4. The van der Waals surface area contributed by atoms with Crippen molar-refractivity contribution in [3.05, 3.63) is 65.6 Å². The van der Waals surface area contributed by atoms with Crippen molar-refractivity contribution >= 4 is 5.65 Å². The standard InChI is InChI=1S/C18H20N4/c1-14-6-8-15(9-7-14)18(10-3-11-18)20-12-16-4-2-5-17-19-13-21-22(16)17/h2,4-9,13,20H,3,10-12H2,1H3. The summed E-state index contributed by atoms with van der Waals surface area (Å²) < 4.78 is 1.91. The summed E-state index contributed by atoms with van der Waals surface area (Å²) in [7, 11) is 0. The van der Waals surface area contributed by atoms with Gasteiger partial charge in [0.1, 0.15) is 6.33 Å². The summed E-state index contributed by atoms with van der Waals surface area (Å²) in [6.07, 6.45) is 5.29. The van der Waals surface area contributed by atoms with Crippen LogP contribution in [0.2, 0.25) is 0 Å². The molecule has 1 aromatic carbocycles. The topological polar surface area (TPSA) is 42.2 Å². The van der Waals surface area contributed by atoms with Gasteiger partial charge in [0, 0.05) is 12.1 Å². The molecule has 1 aliphatic rings. The zero-order valence-electron chi connectivity index (χ0n) is 12.8. The molecule has 0 amide bonds. The second-order valence-electron chi connectivity index (χ2n) is 6.20. The van der Waals surface area contributed by atoms with E-state index < -0.39 is 0 Å². The Balaban J connectivity index is 1.59. The van der Waals surface area contributed by atoms with Crippen LogP contribution in [-0.4, -0.2) is 14.6 Å². The third kappa shape index (κ3) is 2.20. The molecule has 2 heterocycles. The number of benzene rings is 1. The van der Waals surface area contributed by atoms with Gasteiger partial charge in [-0.1, -0.05) is 35.9 Å². The number of hydrogen-bond donors (Lipinski definition) is 1. The van der Waals surface area contributed by atoms with Gasteiger partial charge < -0.3 is 5.32 Å². The number of hydrogen-bond acceptors (Lipinski definition) is 3. The molecule has 0 unspecified atom stereocenters. The van der Waals surface area contributed by atoms with Crippen LogP contribution in [-0.2, 0) is 12.1 Å². The number of pyridine rings is 1. The van der Waals surface area contributed by atoms with E-state index in [4.69, 9.17) is 0 Å². The minimum Gasteiger partial charge on any atom is -0.302 e. The summed E-state index contributed by atoms with van der Waals surface area (Å²) in [6.45, 7) is 2.94. The molecule has 0 saturated heterocycles. The van der Waals surface area contributed by atoms with Crippen molar-refractivity contribution in [3.63, 3.8) is 0 Å². The lowest BCUT2D eigenvalue weighted by molar-refractivity contribution is 0.182. The maximum Gasteiger partial charge on any atom is 0.155 e. The van der Waals surface area contributed by atoms with E-state index in [9.17, 15) is 0 Å². The van der Waals surface area contributed by atoms with E-state index in [1.165, 1.54) is 30.4 Å². The Hall–Kier alpha value is -2.20. The summed E-state index contributed by atoms with van der Waals surface area (Å²) in [6, 6.07) is 15.1. The third-order valence-corrected chi connectivity index (χ3v) is 4.80. The van der Waals surface area contributed by atoms with Gasteiger partial charge in [-0.15, -0.1) is 0 Å². The fourth-order valence-electron chi connectivity index (χ4n) is 3.27. The van der Waals surface area contributed by atoms with Crippen LogP contribution in [0.5, 0.6) is 0 Å². The SMILES string of the molecule is Cc1ccc(C2(NCc3cccc4ncnn34)CCC2)cc1. The summed E-state index contributed by atoms with van der Waals surface area (Å²) >= 11 is 0. The van der Waals surface area contributed by atoms with Crippen molar-refractivity contribution in [2.24, 2.45) is 0 Å². The Morgan fingerprint density at radius 1 is 1.14 bits per heavy atom. The smallest absolute Gasteiger partial charge is 0.155 e. The fourth-order valence-corrected chi connectivity index (χ4v) is 3.27. The Morgan fingerprint density at radius 2 is 1.95 bits per heavy atom. The first-order valence-electron chi connectivity index (χ1n) is 7.87. The minimum atomic E-state index is 0.121. The van der Waals surface area contributed by atoms with E-state index in [1.807, 2.05) is 16.6 Å². The van der Waals surface area contributed by atoms with Crippen LogP contribution in [0.4, 0.5) is 0 Å². The van der Waals surface area contributed by atoms with E-state index in [-0.39, 0.29) is 5.54 Å². The normalized spacial score (nSPS) is 16.6. The molecule has 0 radical (unpaired) electrons. The second-order valence-corrected chi connectivity index (χ2v) is 6.20. The number of nitrogens with zero attached hydrogens (tertiary/aromatic N) is 3. The highest BCUT2D eigenvalue weighted by Gasteiger charge is 2.38. The summed E-state index contributed by atoms with van der Waals surface area (Å²) in [5.74, 6) is 0. The Labute approximate surface area is 130 Å². The number of nitrogens with one attached hydrogen (secondary N) is 1. The molecule has 0 atom stereocenters. The number of aryl methyl sites for hydroxylation is 1. The zero-order valence-corrected chi connectivity index (χ0v) is 12.8. The van der Waals surface area contributed by atoms with E-state index in [0.717, 1.165) is 17.9 Å². The highest BCUT2D eigenvalue weighted by atomic mass is 15.3. The van der Waals surface area contributed by atoms with Gasteiger partial charge >= 0.3 is 0 Å². The predicted molar refractivity (Wildman–Crippen MR) is 86.5 cm³/mol.